The largest absolute Gasteiger partial charge is 0.493 e. The van der Waals surface area contributed by atoms with E-state index < -0.39 is 28.3 Å². The third-order valence-electron chi connectivity index (χ3n) is 4.35. The van der Waals surface area contributed by atoms with Crippen molar-refractivity contribution in [2.75, 3.05) is 12.5 Å². The van der Waals surface area contributed by atoms with E-state index in [4.69, 9.17) is 19.0 Å². The van der Waals surface area contributed by atoms with Gasteiger partial charge in [0.25, 0.3) is 5.69 Å². The maximum Gasteiger partial charge on any atom is 0.416 e. The van der Waals surface area contributed by atoms with Gasteiger partial charge in [-0.25, -0.2) is 4.79 Å². The lowest BCUT2D eigenvalue weighted by Crippen LogP contribution is -2.06. The predicted octanol–water partition coefficient (Wildman–Crippen LogP) is 4.94. The Morgan fingerprint density at radius 3 is 2.59 bits per heavy atom. The molecule has 0 fully saturated rings. The molecule has 10 nitrogen and oxygen atoms in total. The summed E-state index contributed by atoms with van der Waals surface area (Å²) in [5.41, 5.74) is 0.691. The summed E-state index contributed by atoms with van der Waals surface area (Å²) < 4.78 is 54.3. The first-order valence-electron chi connectivity index (χ1n) is 9.36. The van der Waals surface area contributed by atoms with Crippen LogP contribution in [0.2, 0.25) is 0 Å². The average molecular weight is 479 g/mol. The Morgan fingerprint density at radius 1 is 1.21 bits per heavy atom. The van der Waals surface area contributed by atoms with Crippen molar-refractivity contribution >= 4 is 23.6 Å². The van der Waals surface area contributed by atoms with Gasteiger partial charge >= 0.3 is 12.1 Å². The van der Waals surface area contributed by atoms with Crippen LogP contribution in [0.15, 0.2) is 58.0 Å². The van der Waals surface area contributed by atoms with E-state index in [-0.39, 0.29) is 23.8 Å². The van der Waals surface area contributed by atoms with E-state index >= 15 is 0 Å². The summed E-state index contributed by atoms with van der Waals surface area (Å²) in [4.78, 5) is 21.0. The van der Waals surface area contributed by atoms with Crippen molar-refractivity contribution in [3.63, 3.8) is 0 Å². The highest BCUT2D eigenvalue weighted by molar-refractivity contribution is 5.84. The van der Waals surface area contributed by atoms with E-state index in [0.29, 0.717) is 29.2 Å². The Balaban J connectivity index is 1.70. The number of hydrogen-bond acceptors (Lipinski definition) is 8. The number of anilines is 1. The molecule has 0 aliphatic heterocycles. The molecule has 0 aliphatic carbocycles. The lowest BCUT2D eigenvalue weighted by atomic mass is 10.1. The minimum absolute atomic E-state index is 0.0593. The van der Waals surface area contributed by atoms with Crippen molar-refractivity contribution in [3.8, 4) is 11.5 Å². The number of nitro benzene ring substituents is 1. The van der Waals surface area contributed by atoms with Crippen molar-refractivity contribution in [3.05, 3.63) is 81.3 Å². The number of carboxylic acids is 1. The van der Waals surface area contributed by atoms with Crippen molar-refractivity contribution < 1.29 is 41.9 Å². The van der Waals surface area contributed by atoms with Gasteiger partial charge in [-0.15, -0.1) is 0 Å². The minimum atomic E-state index is -4.72. The summed E-state index contributed by atoms with van der Waals surface area (Å²) in [7, 11) is 1.39. The zero-order valence-electron chi connectivity index (χ0n) is 17.3. The molecule has 13 heteroatoms. The number of nitro groups is 1. The summed E-state index contributed by atoms with van der Waals surface area (Å²) in [6.07, 6.45) is -3.44. The number of aromatic carboxylic acids is 1. The standard InChI is InChI=1S/C21H16F3N3O7/c1-32-19-8-12(2-6-17(19)33-11-14-4-7-18(34-14)20(28)29)10-25-26-15-5-3-13(21(22,23)24)9-16(15)27(30)31/h2-10,26H,11H2,1H3,(H,28,29)/b25-10+. The molecule has 0 saturated heterocycles. The lowest BCUT2D eigenvalue weighted by Gasteiger charge is -2.10. The van der Waals surface area contributed by atoms with Crippen LogP contribution in [-0.4, -0.2) is 29.3 Å². The van der Waals surface area contributed by atoms with Gasteiger partial charge in [0, 0.05) is 6.07 Å². The molecule has 3 rings (SSSR count). The Morgan fingerprint density at radius 2 is 1.97 bits per heavy atom. The van der Waals surface area contributed by atoms with Crippen LogP contribution in [0, 0.1) is 10.1 Å². The van der Waals surface area contributed by atoms with Crippen molar-refractivity contribution in [1.82, 2.24) is 0 Å². The quantitative estimate of drug-likeness (QED) is 0.250. The topological polar surface area (TPSA) is 136 Å². The van der Waals surface area contributed by atoms with E-state index in [1.54, 1.807) is 12.1 Å². The molecule has 3 aromatic rings. The molecule has 34 heavy (non-hydrogen) atoms. The molecule has 0 saturated carbocycles. The zero-order valence-corrected chi connectivity index (χ0v) is 17.3. The van der Waals surface area contributed by atoms with Gasteiger partial charge in [-0.1, -0.05) is 0 Å². The van der Waals surface area contributed by atoms with Gasteiger partial charge in [0.2, 0.25) is 5.76 Å². The summed E-state index contributed by atoms with van der Waals surface area (Å²) in [6, 6.07) is 9.46. The molecule has 0 unspecified atom stereocenters. The molecule has 1 aromatic heterocycles. The van der Waals surface area contributed by atoms with Gasteiger partial charge in [0.15, 0.2) is 11.5 Å². The number of hydrogen-bond donors (Lipinski definition) is 2. The fraction of sp³-hybridized carbons (Fsp3) is 0.143. The van der Waals surface area contributed by atoms with Crippen LogP contribution >= 0.6 is 0 Å². The van der Waals surface area contributed by atoms with Gasteiger partial charge in [-0.05, 0) is 48.0 Å². The van der Waals surface area contributed by atoms with Crippen LogP contribution in [0.4, 0.5) is 24.5 Å². The number of nitrogens with zero attached hydrogens (tertiary/aromatic N) is 2. The maximum absolute atomic E-state index is 12.8. The number of rotatable bonds is 9. The second-order valence-corrected chi connectivity index (χ2v) is 6.63. The van der Waals surface area contributed by atoms with Crippen LogP contribution in [-0.2, 0) is 12.8 Å². The van der Waals surface area contributed by atoms with Crippen LogP contribution in [0.5, 0.6) is 11.5 Å². The van der Waals surface area contributed by atoms with Crippen LogP contribution in [0.25, 0.3) is 0 Å². The second kappa shape index (κ2) is 9.94. The number of hydrazone groups is 1. The third-order valence-corrected chi connectivity index (χ3v) is 4.35. The number of nitrogens with one attached hydrogen (secondary N) is 1. The Hall–Kier alpha value is -4.55. The van der Waals surface area contributed by atoms with Crippen LogP contribution < -0.4 is 14.9 Å². The fourth-order valence-electron chi connectivity index (χ4n) is 2.73. The van der Waals surface area contributed by atoms with Crippen LogP contribution in [0.3, 0.4) is 0 Å². The molecule has 0 radical (unpaired) electrons. The molecule has 0 bridgehead atoms. The number of furan rings is 1. The van der Waals surface area contributed by atoms with Gasteiger partial charge in [0.1, 0.15) is 18.1 Å². The second-order valence-electron chi connectivity index (χ2n) is 6.63. The Kier molecular flexibility index (Phi) is 7.04. The SMILES string of the molecule is COc1cc(/C=N/Nc2ccc(C(F)(F)F)cc2[N+](=O)[O-])ccc1OCc1ccc(C(=O)O)o1. The van der Waals surface area contributed by atoms with Crippen molar-refractivity contribution in [2.45, 2.75) is 12.8 Å². The van der Waals surface area contributed by atoms with Gasteiger partial charge in [0.05, 0.1) is 23.8 Å². The first-order valence-corrected chi connectivity index (χ1v) is 9.36. The molecule has 1 heterocycles. The number of ether oxygens (including phenoxy) is 2. The van der Waals surface area contributed by atoms with Crippen LogP contribution in [0.1, 0.15) is 27.4 Å². The number of carbonyl (C=O) groups is 1. The Labute approximate surface area is 189 Å². The number of methoxy groups -OCH3 is 1. The smallest absolute Gasteiger partial charge is 0.416 e. The Bertz CT molecular complexity index is 1240. The molecule has 0 aliphatic rings. The summed E-state index contributed by atoms with van der Waals surface area (Å²) in [5.74, 6) is -0.526. The molecule has 2 N–H and O–H groups in total. The highest BCUT2D eigenvalue weighted by Crippen LogP contribution is 2.35. The maximum atomic E-state index is 12.8. The molecule has 2 aromatic carbocycles. The molecule has 0 spiro atoms. The first kappa shape index (κ1) is 24.1. The minimum Gasteiger partial charge on any atom is -0.493 e. The lowest BCUT2D eigenvalue weighted by molar-refractivity contribution is -0.384. The monoisotopic (exact) mass is 479 g/mol. The molecular formula is C21H16F3N3O7. The molecule has 178 valence electrons. The number of halogens is 3. The summed E-state index contributed by atoms with van der Waals surface area (Å²) >= 11 is 0. The number of benzene rings is 2. The van der Waals surface area contributed by atoms with Crippen molar-refractivity contribution in [1.29, 1.82) is 0 Å². The molecule has 0 amide bonds. The fourth-order valence-corrected chi connectivity index (χ4v) is 2.73. The van der Waals surface area contributed by atoms with E-state index in [0.717, 1.165) is 6.07 Å². The van der Waals surface area contributed by atoms with E-state index in [1.807, 2.05) is 0 Å². The normalized spacial score (nSPS) is 11.4. The summed E-state index contributed by atoms with van der Waals surface area (Å²) in [6.45, 7) is -0.0593. The first-order chi connectivity index (χ1) is 16.1. The average Bonchev–Trinajstić information content (AvgIpc) is 3.27. The molecular weight excluding hydrogens is 463 g/mol. The van der Waals surface area contributed by atoms with E-state index in [1.165, 1.54) is 31.5 Å². The number of alkyl halides is 3. The number of carboxylic acid groups (broad SMARTS) is 1. The third kappa shape index (κ3) is 5.82. The predicted molar refractivity (Wildman–Crippen MR) is 112 cm³/mol. The van der Waals surface area contributed by atoms with Gasteiger partial charge in [-0.3, -0.25) is 15.5 Å². The van der Waals surface area contributed by atoms with Gasteiger partial charge < -0.3 is 19.0 Å². The summed E-state index contributed by atoms with van der Waals surface area (Å²) in [5, 5.41) is 23.8. The zero-order chi connectivity index (χ0) is 24.9. The highest BCUT2D eigenvalue weighted by Gasteiger charge is 2.33. The van der Waals surface area contributed by atoms with E-state index in [9.17, 15) is 28.1 Å². The van der Waals surface area contributed by atoms with E-state index in [2.05, 4.69) is 10.5 Å². The highest BCUT2D eigenvalue weighted by atomic mass is 19.4. The van der Waals surface area contributed by atoms with Gasteiger partial charge in [-0.2, -0.15) is 18.3 Å². The molecule has 0 atom stereocenters. The van der Waals surface area contributed by atoms with Crippen molar-refractivity contribution in [2.24, 2.45) is 5.10 Å².